The Labute approximate surface area is 113 Å². The number of ether oxygens (including phenoxy) is 1. The second-order valence-electron chi connectivity index (χ2n) is 5.89. The number of hydrogen-bond acceptors (Lipinski definition) is 2. The van der Waals surface area contributed by atoms with Crippen LogP contribution in [0.4, 0.5) is 0 Å². The molecule has 2 aliphatic rings. The standard InChI is InChI=1S/C15H20ClNO/c1-10-7-12(15(17)5-6-15)14(13(16)8-10)18-9-11-3-2-4-11/h7-8,11H,2-6,9,17H2,1H3. The summed E-state index contributed by atoms with van der Waals surface area (Å²) in [6, 6.07) is 4.10. The molecule has 0 radical (unpaired) electrons. The third-order valence-corrected chi connectivity index (χ3v) is 4.48. The number of nitrogens with two attached hydrogens (primary N) is 1. The van der Waals surface area contributed by atoms with Crippen molar-refractivity contribution in [3.05, 3.63) is 28.3 Å². The lowest BCUT2D eigenvalue weighted by Crippen LogP contribution is -2.23. The molecule has 18 heavy (non-hydrogen) atoms. The van der Waals surface area contributed by atoms with Gasteiger partial charge in [0, 0.05) is 11.1 Å². The Bertz CT molecular complexity index is 464. The van der Waals surface area contributed by atoms with Gasteiger partial charge in [0.15, 0.2) is 0 Å². The Morgan fingerprint density at radius 1 is 1.39 bits per heavy atom. The van der Waals surface area contributed by atoms with Crippen LogP contribution in [0.15, 0.2) is 12.1 Å². The number of halogens is 1. The molecule has 0 bridgehead atoms. The minimum absolute atomic E-state index is 0.190. The SMILES string of the molecule is Cc1cc(Cl)c(OCC2CCC2)c(C2(N)CC2)c1. The van der Waals surface area contributed by atoms with Crippen LogP contribution in [-0.2, 0) is 5.54 Å². The van der Waals surface area contributed by atoms with Crippen molar-refractivity contribution in [3.8, 4) is 5.75 Å². The predicted molar refractivity (Wildman–Crippen MR) is 74.1 cm³/mol. The highest BCUT2D eigenvalue weighted by Crippen LogP contribution is 2.49. The Balaban J connectivity index is 1.85. The van der Waals surface area contributed by atoms with Crippen LogP contribution in [0.5, 0.6) is 5.75 Å². The second kappa shape index (κ2) is 4.43. The van der Waals surface area contributed by atoms with Crippen LogP contribution < -0.4 is 10.5 Å². The van der Waals surface area contributed by atoms with Crippen molar-refractivity contribution in [2.75, 3.05) is 6.61 Å². The van der Waals surface area contributed by atoms with Gasteiger partial charge in [-0.05, 0) is 50.2 Å². The van der Waals surface area contributed by atoms with Crippen LogP contribution >= 0.6 is 11.6 Å². The average Bonchev–Trinajstić information content (AvgIpc) is 2.98. The molecular formula is C15H20ClNO. The molecule has 2 fully saturated rings. The van der Waals surface area contributed by atoms with E-state index in [1.807, 2.05) is 6.07 Å². The third kappa shape index (κ3) is 2.24. The third-order valence-electron chi connectivity index (χ3n) is 4.20. The molecule has 1 aromatic rings. The molecular weight excluding hydrogens is 246 g/mol. The molecule has 0 saturated heterocycles. The van der Waals surface area contributed by atoms with Gasteiger partial charge in [-0.2, -0.15) is 0 Å². The lowest BCUT2D eigenvalue weighted by atomic mass is 9.86. The minimum atomic E-state index is -0.190. The molecule has 0 spiro atoms. The van der Waals surface area contributed by atoms with Crippen LogP contribution in [0.2, 0.25) is 5.02 Å². The van der Waals surface area contributed by atoms with Gasteiger partial charge in [-0.3, -0.25) is 0 Å². The van der Waals surface area contributed by atoms with E-state index in [2.05, 4.69) is 13.0 Å². The lowest BCUT2D eigenvalue weighted by Gasteiger charge is -2.27. The molecule has 1 aromatic carbocycles. The van der Waals surface area contributed by atoms with E-state index >= 15 is 0 Å². The molecule has 2 saturated carbocycles. The second-order valence-corrected chi connectivity index (χ2v) is 6.29. The Hall–Kier alpha value is -0.730. The zero-order valence-electron chi connectivity index (χ0n) is 10.8. The smallest absolute Gasteiger partial charge is 0.142 e. The summed E-state index contributed by atoms with van der Waals surface area (Å²) in [5.74, 6) is 1.54. The maximum Gasteiger partial charge on any atom is 0.142 e. The highest BCUT2D eigenvalue weighted by Gasteiger charge is 2.43. The summed E-state index contributed by atoms with van der Waals surface area (Å²) >= 11 is 6.33. The van der Waals surface area contributed by atoms with Gasteiger partial charge >= 0.3 is 0 Å². The highest BCUT2D eigenvalue weighted by atomic mass is 35.5. The van der Waals surface area contributed by atoms with Gasteiger partial charge in [-0.15, -0.1) is 0 Å². The Morgan fingerprint density at radius 3 is 2.67 bits per heavy atom. The monoisotopic (exact) mass is 265 g/mol. The first-order valence-electron chi connectivity index (χ1n) is 6.81. The van der Waals surface area contributed by atoms with Gasteiger partial charge < -0.3 is 10.5 Å². The first-order chi connectivity index (χ1) is 8.58. The summed E-state index contributed by atoms with van der Waals surface area (Å²) in [6.07, 6.45) is 5.97. The molecule has 0 amide bonds. The van der Waals surface area contributed by atoms with E-state index in [1.54, 1.807) is 0 Å². The Morgan fingerprint density at radius 2 is 2.11 bits per heavy atom. The van der Waals surface area contributed by atoms with Crippen molar-refractivity contribution in [2.45, 2.75) is 44.6 Å². The fraction of sp³-hybridized carbons (Fsp3) is 0.600. The number of aryl methyl sites for hydroxylation is 1. The molecule has 2 nitrogen and oxygen atoms in total. The van der Waals surface area contributed by atoms with Gasteiger partial charge in [-0.1, -0.05) is 24.1 Å². The van der Waals surface area contributed by atoms with E-state index in [1.165, 1.54) is 19.3 Å². The first kappa shape index (κ1) is 12.3. The molecule has 0 atom stereocenters. The fourth-order valence-electron chi connectivity index (χ4n) is 2.51. The summed E-state index contributed by atoms with van der Waals surface area (Å²) in [5, 5.41) is 0.709. The Kier molecular flexibility index (Phi) is 3.03. The van der Waals surface area contributed by atoms with E-state index in [0.29, 0.717) is 10.9 Å². The van der Waals surface area contributed by atoms with E-state index in [0.717, 1.165) is 36.3 Å². The first-order valence-corrected chi connectivity index (χ1v) is 7.18. The quantitative estimate of drug-likeness (QED) is 0.899. The number of hydrogen-bond donors (Lipinski definition) is 1. The zero-order chi connectivity index (χ0) is 12.8. The normalized spacial score (nSPS) is 21.5. The van der Waals surface area contributed by atoms with E-state index in [-0.39, 0.29) is 5.54 Å². The van der Waals surface area contributed by atoms with E-state index in [9.17, 15) is 0 Å². The zero-order valence-corrected chi connectivity index (χ0v) is 11.6. The van der Waals surface area contributed by atoms with Gasteiger partial charge in [0.05, 0.1) is 11.6 Å². The highest BCUT2D eigenvalue weighted by molar-refractivity contribution is 6.32. The van der Waals surface area contributed by atoms with Crippen LogP contribution in [0.3, 0.4) is 0 Å². The lowest BCUT2D eigenvalue weighted by molar-refractivity contribution is 0.179. The molecule has 0 aromatic heterocycles. The van der Waals surface area contributed by atoms with Crippen molar-refractivity contribution in [2.24, 2.45) is 11.7 Å². The van der Waals surface area contributed by atoms with Gasteiger partial charge in [0.2, 0.25) is 0 Å². The van der Waals surface area contributed by atoms with Crippen molar-refractivity contribution in [3.63, 3.8) is 0 Å². The van der Waals surface area contributed by atoms with Crippen molar-refractivity contribution in [1.82, 2.24) is 0 Å². The van der Waals surface area contributed by atoms with Crippen molar-refractivity contribution < 1.29 is 4.74 Å². The molecule has 2 N–H and O–H groups in total. The van der Waals surface area contributed by atoms with Crippen LogP contribution in [-0.4, -0.2) is 6.61 Å². The van der Waals surface area contributed by atoms with Crippen molar-refractivity contribution >= 4 is 11.6 Å². The van der Waals surface area contributed by atoms with E-state index < -0.39 is 0 Å². The minimum Gasteiger partial charge on any atom is -0.491 e. The molecule has 3 heteroatoms. The predicted octanol–water partition coefficient (Wildman–Crippen LogP) is 3.78. The van der Waals surface area contributed by atoms with E-state index in [4.69, 9.17) is 22.1 Å². The summed E-state index contributed by atoms with van der Waals surface area (Å²) in [4.78, 5) is 0. The molecule has 98 valence electrons. The molecule has 0 unspecified atom stereocenters. The van der Waals surface area contributed by atoms with Crippen molar-refractivity contribution in [1.29, 1.82) is 0 Å². The summed E-state index contributed by atoms with van der Waals surface area (Å²) < 4.78 is 5.98. The van der Waals surface area contributed by atoms with Crippen LogP contribution in [0, 0.1) is 12.8 Å². The fourth-order valence-corrected chi connectivity index (χ4v) is 2.84. The maximum atomic E-state index is 6.33. The van der Waals surface area contributed by atoms with Gasteiger partial charge in [-0.25, -0.2) is 0 Å². The average molecular weight is 266 g/mol. The molecule has 3 rings (SSSR count). The summed E-state index contributed by atoms with van der Waals surface area (Å²) in [5.41, 5.74) is 8.39. The molecule has 0 heterocycles. The largest absolute Gasteiger partial charge is 0.491 e. The maximum absolute atomic E-state index is 6.33. The molecule has 0 aliphatic heterocycles. The summed E-state index contributed by atoms with van der Waals surface area (Å²) in [7, 11) is 0. The van der Waals surface area contributed by atoms with Gasteiger partial charge in [0.25, 0.3) is 0 Å². The van der Waals surface area contributed by atoms with Crippen LogP contribution in [0.1, 0.15) is 43.2 Å². The van der Waals surface area contributed by atoms with Crippen LogP contribution in [0.25, 0.3) is 0 Å². The number of rotatable bonds is 4. The molecule has 2 aliphatic carbocycles. The summed E-state index contributed by atoms with van der Waals surface area (Å²) in [6.45, 7) is 2.84. The topological polar surface area (TPSA) is 35.2 Å². The van der Waals surface area contributed by atoms with Gasteiger partial charge in [0.1, 0.15) is 5.75 Å². The number of benzene rings is 1.